The van der Waals surface area contributed by atoms with Crippen LogP contribution in [0.1, 0.15) is 19.4 Å². The molecule has 1 aliphatic rings. The van der Waals surface area contributed by atoms with Crippen LogP contribution >= 0.6 is 0 Å². The summed E-state index contributed by atoms with van der Waals surface area (Å²) in [5.74, 6) is -3.10. The second-order valence-electron chi connectivity index (χ2n) is 6.73. The van der Waals surface area contributed by atoms with Crippen molar-refractivity contribution in [3.8, 4) is 0 Å². The van der Waals surface area contributed by atoms with E-state index in [4.69, 9.17) is 4.74 Å². The van der Waals surface area contributed by atoms with Crippen molar-refractivity contribution in [2.45, 2.75) is 31.7 Å². The molecule has 1 amide bonds. The van der Waals surface area contributed by atoms with Crippen LogP contribution in [0.15, 0.2) is 66.2 Å². The van der Waals surface area contributed by atoms with Gasteiger partial charge in [0.25, 0.3) is 11.5 Å². The van der Waals surface area contributed by atoms with Gasteiger partial charge in [0.05, 0.1) is 11.8 Å². The van der Waals surface area contributed by atoms with E-state index in [9.17, 15) is 27.9 Å². The van der Waals surface area contributed by atoms with Crippen molar-refractivity contribution in [3.05, 3.63) is 71.8 Å². The minimum atomic E-state index is -5.45. The first-order valence-corrected chi connectivity index (χ1v) is 8.79. The molecular weight excluding hydrogens is 387 g/mol. The predicted octanol–water partition coefficient (Wildman–Crippen LogP) is 3.69. The standard InChI is InChI=1S/C21H18F3NO4/c1-13(2)29-18(26)16-17(14-9-5-3-6-10-14)25(15-11-7-4-8-12-15)19(27)20(16,28)21(22,23)24/h3-13,28H,1-2H3. The number of carbonyl (C=O) groups is 2. The van der Waals surface area contributed by atoms with Gasteiger partial charge in [-0.15, -0.1) is 0 Å². The Labute approximate surface area is 165 Å². The predicted molar refractivity (Wildman–Crippen MR) is 99.5 cm³/mol. The van der Waals surface area contributed by atoms with Crippen LogP contribution in [0, 0.1) is 0 Å². The topological polar surface area (TPSA) is 66.8 Å². The third-order valence-corrected chi connectivity index (χ3v) is 4.35. The number of anilines is 1. The molecule has 1 aliphatic heterocycles. The largest absolute Gasteiger partial charge is 0.459 e. The monoisotopic (exact) mass is 405 g/mol. The van der Waals surface area contributed by atoms with Gasteiger partial charge in [0.1, 0.15) is 5.57 Å². The van der Waals surface area contributed by atoms with Crippen LogP contribution in [0.25, 0.3) is 5.70 Å². The average Bonchev–Trinajstić information content (AvgIpc) is 2.91. The highest BCUT2D eigenvalue weighted by Gasteiger charge is 2.70. The van der Waals surface area contributed by atoms with E-state index in [1.807, 2.05) is 0 Å². The van der Waals surface area contributed by atoms with Crippen molar-refractivity contribution in [3.63, 3.8) is 0 Å². The molecule has 0 aromatic heterocycles. The van der Waals surface area contributed by atoms with Crippen molar-refractivity contribution < 1.29 is 32.6 Å². The van der Waals surface area contributed by atoms with Gasteiger partial charge in [-0.2, -0.15) is 13.2 Å². The van der Waals surface area contributed by atoms with E-state index in [1.54, 1.807) is 24.3 Å². The number of hydrogen-bond acceptors (Lipinski definition) is 4. The summed E-state index contributed by atoms with van der Waals surface area (Å²) in [4.78, 5) is 26.4. The molecule has 0 fully saturated rings. The lowest BCUT2D eigenvalue weighted by Gasteiger charge is -2.27. The lowest BCUT2D eigenvalue weighted by molar-refractivity contribution is -0.236. The van der Waals surface area contributed by atoms with Crippen molar-refractivity contribution in [2.75, 3.05) is 4.90 Å². The number of carbonyl (C=O) groups excluding carboxylic acids is 2. The number of esters is 1. The number of rotatable bonds is 4. The molecule has 29 heavy (non-hydrogen) atoms. The van der Waals surface area contributed by atoms with E-state index in [0.717, 1.165) is 0 Å². The Bertz CT molecular complexity index is 955. The lowest BCUT2D eigenvalue weighted by Crippen LogP contribution is -2.55. The van der Waals surface area contributed by atoms with Crippen LogP contribution in [-0.4, -0.2) is 34.9 Å². The third kappa shape index (κ3) is 3.40. The Morgan fingerprint density at radius 1 is 1.03 bits per heavy atom. The Balaban J connectivity index is 2.38. The van der Waals surface area contributed by atoms with Gasteiger partial charge >= 0.3 is 12.1 Å². The first-order valence-electron chi connectivity index (χ1n) is 8.79. The van der Waals surface area contributed by atoms with Crippen LogP contribution in [0.4, 0.5) is 18.9 Å². The van der Waals surface area contributed by atoms with Crippen molar-refractivity contribution in [1.29, 1.82) is 0 Å². The highest BCUT2D eigenvalue weighted by Crippen LogP contribution is 2.49. The highest BCUT2D eigenvalue weighted by atomic mass is 19.4. The fraction of sp³-hybridized carbons (Fsp3) is 0.238. The number of ether oxygens (including phenoxy) is 1. The average molecular weight is 405 g/mol. The van der Waals surface area contributed by atoms with Gasteiger partial charge in [-0.25, -0.2) is 4.79 Å². The molecule has 0 radical (unpaired) electrons. The number of nitrogens with zero attached hydrogens (tertiary/aromatic N) is 1. The van der Waals surface area contributed by atoms with Crippen LogP contribution in [-0.2, 0) is 14.3 Å². The summed E-state index contributed by atoms with van der Waals surface area (Å²) >= 11 is 0. The maximum Gasteiger partial charge on any atom is 0.431 e. The highest BCUT2D eigenvalue weighted by molar-refractivity contribution is 6.25. The van der Waals surface area contributed by atoms with Crippen LogP contribution in [0.5, 0.6) is 0 Å². The van der Waals surface area contributed by atoms with Gasteiger partial charge < -0.3 is 9.84 Å². The van der Waals surface area contributed by atoms with E-state index in [1.165, 1.54) is 50.2 Å². The van der Waals surface area contributed by atoms with E-state index < -0.39 is 35.3 Å². The zero-order chi connectivity index (χ0) is 21.4. The molecule has 0 saturated carbocycles. The maximum atomic E-state index is 14.0. The number of alkyl halides is 3. The molecule has 0 saturated heterocycles. The number of benzene rings is 2. The second-order valence-corrected chi connectivity index (χ2v) is 6.73. The summed E-state index contributed by atoms with van der Waals surface area (Å²) in [5, 5.41) is 10.6. The number of para-hydroxylation sites is 1. The zero-order valence-electron chi connectivity index (χ0n) is 15.6. The Morgan fingerprint density at radius 3 is 2.03 bits per heavy atom. The summed E-state index contributed by atoms with van der Waals surface area (Å²) < 4.78 is 46.9. The summed E-state index contributed by atoms with van der Waals surface area (Å²) in [6, 6.07) is 15.1. The lowest BCUT2D eigenvalue weighted by atomic mass is 9.92. The van der Waals surface area contributed by atoms with Gasteiger partial charge in [-0.05, 0) is 31.5 Å². The summed E-state index contributed by atoms with van der Waals surface area (Å²) in [7, 11) is 0. The number of halogens is 3. The van der Waals surface area contributed by atoms with Crippen LogP contribution < -0.4 is 4.90 Å². The fourth-order valence-electron chi connectivity index (χ4n) is 3.13. The molecule has 0 aliphatic carbocycles. The first kappa shape index (κ1) is 20.6. The summed E-state index contributed by atoms with van der Waals surface area (Å²) in [6.45, 7) is 2.91. The Hall–Kier alpha value is -3.13. The van der Waals surface area contributed by atoms with Crippen molar-refractivity contribution in [1.82, 2.24) is 0 Å². The molecule has 1 unspecified atom stereocenters. The van der Waals surface area contributed by atoms with Crippen LogP contribution in [0.3, 0.4) is 0 Å². The smallest absolute Gasteiger partial charge is 0.431 e. The third-order valence-electron chi connectivity index (χ3n) is 4.35. The minimum Gasteiger partial charge on any atom is -0.459 e. The van der Waals surface area contributed by atoms with E-state index in [-0.39, 0.29) is 16.9 Å². The molecule has 2 aromatic rings. The van der Waals surface area contributed by atoms with Gasteiger partial charge in [0, 0.05) is 5.69 Å². The molecule has 3 rings (SSSR count). The molecule has 1 heterocycles. The van der Waals surface area contributed by atoms with Gasteiger partial charge in [0.2, 0.25) is 0 Å². The zero-order valence-corrected chi connectivity index (χ0v) is 15.6. The maximum absolute atomic E-state index is 14.0. The quantitative estimate of drug-likeness (QED) is 0.788. The van der Waals surface area contributed by atoms with Crippen molar-refractivity contribution >= 4 is 23.3 Å². The molecule has 8 heteroatoms. The molecular formula is C21H18F3NO4. The van der Waals surface area contributed by atoms with E-state index >= 15 is 0 Å². The van der Waals surface area contributed by atoms with E-state index in [2.05, 4.69) is 0 Å². The Morgan fingerprint density at radius 2 is 1.55 bits per heavy atom. The molecule has 5 nitrogen and oxygen atoms in total. The molecule has 1 atom stereocenters. The molecule has 1 N–H and O–H groups in total. The number of aliphatic hydroxyl groups is 1. The first-order chi connectivity index (χ1) is 13.6. The summed E-state index contributed by atoms with van der Waals surface area (Å²) in [6.07, 6.45) is -6.20. The minimum absolute atomic E-state index is 0.0753. The SMILES string of the molecule is CC(C)OC(=O)C1=C(c2ccccc2)N(c2ccccc2)C(=O)C1(O)C(F)(F)F. The molecule has 0 bridgehead atoms. The number of amides is 1. The second kappa shape index (κ2) is 7.36. The van der Waals surface area contributed by atoms with Crippen molar-refractivity contribution in [2.24, 2.45) is 0 Å². The summed E-state index contributed by atoms with van der Waals surface area (Å²) in [5.41, 5.74) is -5.34. The fourth-order valence-corrected chi connectivity index (χ4v) is 3.13. The van der Waals surface area contributed by atoms with E-state index in [0.29, 0.717) is 4.90 Å². The Kier molecular flexibility index (Phi) is 5.23. The van der Waals surface area contributed by atoms with Crippen LogP contribution in [0.2, 0.25) is 0 Å². The van der Waals surface area contributed by atoms with Gasteiger partial charge in [-0.1, -0.05) is 48.5 Å². The number of hydrogen-bond donors (Lipinski definition) is 1. The van der Waals surface area contributed by atoms with Gasteiger partial charge in [0.15, 0.2) is 0 Å². The molecule has 0 spiro atoms. The molecule has 2 aromatic carbocycles. The normalized spacial score (nSPS) is 19.8. The molecule has 152 valence electrons. The van der Waals surface area contributed by atoms with Gasteiger partial charge in [-0.3, -0.25) is 9.69 Å².